The van der Waals surface area contributed by atoms with Gasteiger partial charge in [-0.15, -0.1) is 0 Å². The molecule has 5 rings (SSSR count). The molecule has 2 heterocycles. The molecule has 6 nitrogen and oxygen atoms in total. The number of H-pyrrole nitrogens is 1. The number of piperidine rings is 1. The fraction of sp³-hybridized carbons (Fsp3) is 0.474. The highest BCUT2D eigenvalue weighted by atomic mass is 19.1. The molecule has 136 valence electrons. The van der Waals surface area contributed by atoms with E-state index in [2.05, 4.69) is 14.9 Å². The quantitative estimate of drug-likeness (QED) is 0.762. The number of aromatic amines is 1. The minimum atomic E-state index is -0.690. The number of nitrogens with two attached hydrogens (primary N) is 2. The van der Waals surface area contributed by atoms with E-state index in [1.165, 1.54) is 25.5 Å². The molecule has 26 heavy (non-hydrogen) atoms. The molecule has 1 aromatic heterocycles. The Labute approximate surface area is 150 Å². The van der Waals surface area contributed by atoms with Crippen LogP contribution < -0.4 is 11.5 Å². The molecule has 0 radical (unpaired) electrons. The lowest BCUT2D eigenvalue weighted by atomic mass is 9.94. The van der Waals surface area contributed by atoms with Gasteiger partial charge in [0, 0.05) is 36.8 Å². The highest BCUT2D eigenvalue weighted by Gasteiger charge is 2.62. The molecule has 1 amide bonds. The van der Waals surface area contributed by atoms with Crippen LogP contribution in [0, 0.1) is 23.1 Å². The standard InChI is InChI=1S/C19H22FN5O/c20-12-3-13(17(22)26)16-15(4-12)23-18(24-16)14(6-21)19-5-11(19)8-25(9-19)7-10-1-2-10/h3-4,6,10-11H,1-2,5,7-9,21H2,(H2,22,26)(H,23,24). The number of carbonyl (C=O) groups is 1. The van der Waals surface area contributed by atoms with Crippen molar-refractivity contribution < 1.29 is 9.18 Å². The van der Waals surface area contributed by atoms with Gasteiger partial charge in [-0.3, -0.25) is 4.79 Å². The van der Waals surface area contributed by atoms with Crippen LogP contribution >= 0.6 is 0 Å². The summed E-state index contributed by atoms with van der Waals surface area (Å²) in [7, 11) is 0. The molecule has 2 saturated carbocycles. The molecule has 0 bridgehead atoms. The number of amides is 1. The number of nitrogens with one attached hydrogen (secondary N) is 1. The summed E-state index contributed by atoms with van der Waals surface area (Å²) in [5.74, 6) is 0.869. The number of hydrogen-bond donors (Lipinski definition) is 3. The lowest BCUT2D eigenvalue weighted by Gasteiger charge is -2.21. The van der Waals surface area contributed by atoms with Crippen molar-refractivity contribution in [2.45, 2.75) is 19.3 Å². The van der Waals surface area contributed by atoms with E-state index >= 15 is 0 Å². The Morgan fingerprint density at radius 1 is 1.46 bits per heavy atom. The SMILES string of the molecule is NC=C(c1nc2c(C(N)=O)cc(F)cc2[nH]1)C12CC1CN(CC1CC1)C2. The number of primary amides is 1. The lowest BCUT2D eigenvalue weighted by molar-refractivity contribution is 0.100. The van der Waals surface area contributed by atoms with Gasteiger partial charge in [0.2, 0.25) is 0 Å². The predicted octanol–water partition coefficient (Wildman–Crippen LogP) is 1.83. The van der Waals surface area contributed by atoms with Crippen molar-refractivity contribution in [2.24, 2.45) is 28.7 Å². The van der Waals surface area contributed by atoms with E-state index in [1.807, 2.05) is 0 Å². The van der Waals surface area contributed by atoms with Gasteiger partial charge in [-0.25, -0.2) is 9.37 Å². The fourth-order valence-electron chi connectivity index (χ4n) is 4.69. The van der Waals surface area contributed by atoms with Gasteiger partial charge in [-0.05, 0) is 43.2 Å². The maximum Gasteiger partial charge on any atom is 0.251 e. The summed E-state index contributed by atoms with van der Waals surface area (Å²) in [6.45, 7) is 3.27. The first-order valence-corrected chi connectivity index (χ1v) is 9.14. The third kappa shape index (κ3) is 2.34. The van der Waals surface area contributed by atoms with Crippen LogP contribution in [-0.2, 0) is 0 Å². The molecule has 1 aromatic carbocycles. The van der Waals surface area contributed by atoms with Gasteiger partial charge in [0.25, 0.3) is 5.91 Å². The minimum Gasteiger partial charge on any atom is -0.404 e. The van der Waals surface area contributed by atoms with Crippen LogP contribution in [0.5, 0.6) is 0 Å². The molecule has 2 atom stereocenters. The summed E-state index contributed by atoms with van der Waals surface area (Å²) in [6, 6.07) is 2.47. The smallest absolute Gasteiger partial charge is 0.251 e. The van der Waals surface area contributed by atoms with E-state index in [0.717, 1.165) is 37.1 Å². The van der Waals surface area contributed by atoms with E-state index < -0.39 is 11.7 Å². The van der Waals surface area contributed by atoms with Crippen LogP contribution in [-0.4, -0.2) is 40.4 Å². The van der Waals surface area contributed by atoms with Crippen molar-refractivity contribution in [3.05, 3.63) is 35.5 Å². The molecule has 7 heteroatoms. The molecule has 2 unspecified atom stereocenters. The molecule has 1 saturated heterocycles. The number of rotatable bonds is 5. The minimum absolute atomic E-state index is 0.0307. The third-order valence-corrected chi connectivity index (χ3v) is 6.20. The lowest BCUT2D eigenvalue weighted by Crippen LogP contribution is -2.28. The average Bonchev–Trinajstić information content (AvgIpc) is 3.44. The summed E-state index contributed by atoms with van der Waals surface area (Å²) in [4.78, 5) is 21.9. The Hall–Kier alpha value is -2.41. The Kier molecular flexibility index (Phi) is 3.22. The van der Waals surface area contributed by atoms with Gasteiger partial charge in [0.05, 0.1) is 11.1 Å². The molecule has 2 aromatic rings. The van der Waals surface area contributed by atoms with Gasteiger partial charge in [-0.1, -0.05) is 0 Å². The zero-order chi connectivity index (χ0) is 18.1. The number of nitrogens with zero attached hydrogens (tertiary/aromatic N) is 2. The van der Waals surface area contributed by atoms with Gasteiger partial charge >= 0.3 is 0 Å². The monoisotopic (exact) mass is 355 g/mol. The number of imidazole rings is 1. The van der Waals surface area contributed by atoms with Crippen LogP contribution in [0.25, 0.3) is 16.6 Å². The van der Waals surface area contributed by atoms with E-state index in [0.29, 0.717) is 22.8 Å². The third-order valence-electron chi connectivity index (χ3n) is 6.20. The van der Waals surface area contributed by atoms with Crippen LogP contribution in [0.15, 0.2) is 18.3 Å². The highest BCUT2D eigenvalue weighted by molar-refractivity contribution is 6.04. The van der Waals surface area contributed by atoms with Crippen LogP contribution in [0.1, 0.15) is 35.4 Å². The Bertz CT molecular complexity index is 947. The molecule has 3 aliphatic rings. The van der Waals surface area contributed by atoms with Crippen molar-refractivity contribution in [3.63, 3.8) is 0 Å². The summed E-state index contributed by atoms with van der Waals surface area (Å²) >= 11 is 0. The molecule has 3 fully saturated rings. The number of hydrogen-bond acceptors (Lipinski definition) is 4. The molecule has 0 spiro atoms. The Morgan fingerprint density at radius 3 is 2.96 bits per heavy atom. The van der Waals surface area contributed by atoms with Crippen LogP contribution in [0.3, 0.4) is 0 Å². The molecular formula is C19H22FN5O. The number of carbonyl (C=O) groups excluding carboxylic acids is 1. The number of fused-ring (bicyclic) bond motifs is 2. The zero-order valence-electron chi connectivity index (χ0n) is 14.5. The molecular weight excluding hydrogens is 333 g/mol. The van der Waals surface area contributed by atoms with Gasteiger partial charge in [0.1, 0.15) is 17.2 Å². The largest absolute Gasteiger partial charge is 0.404 e. The van der Waals surface area contributed by atoms with E-state index in [9.17, 15) is 9.18 Å². The first-order valence-electron chi connectivity index (χ1n) is 9.14. The summed E-state index contributed by atoms with van der Waals surface area (Å²) in [5, 5.41) is 0. The van der Waals surface area contributed by atoms with E-state index in [-0.39, 0.29) is 11.0 Å². The van der Waals surface area contributed by atoms with Gasteiger partial charge < -0.3 is 21.4 Å². The van der Waals surface area contributed by atoms with Crippen molar-refractivity contribution >= 4 is 22.5 Å². The highest BCUT2D eigenvalue weighted by Crippen LogP contribution is 2.64. The first kappa shape index (κ1) is 15.8. The Morgan fingerprint density at radius 2 is 2.27 bits per heavy atom. The number of halogens is 1. The second-order valence-corrected chi connectivity index (χ2v) is 8.07. The second-order valence-electron chi connectivity index (χ2n) is 8.07. The maximum absolute atomic E-state index is 13.8. The molecule has 5 N–H and O–H groups in total. The van der Waals surface area contributed by atoms with Crippen molar-refractivity contribution in [1.82, 2.24) is 14.9 Å². The van der Waals surface area contributed by atoms with Crippen molar-refractivity contribution in [3.8, 4) is 0 Å². The van der Waals surface area contributed by atoms with Crippen molar-refractivity contribution in [1.29, 1.82) is 0 Å². The predicted molar refractivity (Wildman–Crippen MR) is 96.4 cm³/mol. The second kappa shape index (κ2) is 5.30. The number of aromatic nitrogens is 2. The first-order chi connectivity index (χ1) is 12.5. The molecule has 2 aliphatic carbocycles. The topological polar surface area (TPSA) is 101 Å². The van der Waals surface area contributed by atoms with Gasteiger partial charge in [0.15, 0.2) is 0 Å². The van der Waals surface area contributed by atoms with E-state index in [1.54, 1.807) is 6.20 Å². The maximum atomic E-state index is 13.8. The normalized spacial score (nSPS) is 28.5. The fourth-order valence-corrected chi connectivity index (χ4v) is 4.69. The average molecular weight is 355 g/mol. The number of benzene rings is 1. The van der Waals surface area contributed by atoms with Crippen LogP contribution in [0.2, 0.25) is 0 Å². The molecule has 1 aliphatic heterocycles. The zero-order valence-corrected chi connectivity index (χ0v) is 14.5. The summed E-state index contributed by atoms with van der Waals surface area (Å²) < 4.78 is 13.8. The van der Waals surface area contributed by atoms with Crippen molar-refractivity contribution in [2.75, 3.05) is 19.6 Å². The Balaban J connectivity index is 1.50. The summed E-state index contributed by atoms with van der Waals surface area (Å²) in [6.07, 6.45) is 5.42. The number of likely N-dealkylation sites (tertiary alicyclic amines) is 1. The van der Waals surface area contributed by atoms with E-state index in [4.69, 9.17) is 11.5 Å². The van der Waals surface area contributed by atoms with Gasteiger partial charge in [-0.2, -0.15) is 0 Å². The summed E-state index contributed by atoms with van der Waals surface area (Å²) in [5.41, 5.74) is 13.3. The van der Waals surface area contributed by atoms with Crippen LogP contribution in [0.4, 0.5) is 4.39 Å².